The number of benzene rings is 2. The molecule has 1 atom stereocenters. The lowest BCUT2D eigenvalue weighted by atomic mass is 10.1. The lowest BCUT2D eigenvalue weighted by Crippen LogP contribution is -2.28. The van der Waals surface area contributed by atoms with Crippen molar-refractivity contribution in [3.8, 4) is 0 Å². The first-order valence-corrected chi connectivity index (χ1v) is 10.2. The number of anilines is 2. The largest absolute Gasteiger partial charge is 0.349 e. The van der Waals surface area contributed by atoms with Gasteiger partial charge in [-0.05, 0) is 48.4 Å². The SMILES string of the molecule is Cc1cc(N2CC(C(=O)Nc3ccc(CC(=O)N(C)C)cc3)CC2=O)ccc1Br. The Morgan fingerprint density at radius 3 is 2.48 bits per heavy atom. The Bertz CT molecular complexity index is 941. The van der Waals surface area contributed by atoms with Crippen LogP contribution in [-0.4, -0.2) is 43.3 Å². The summed E-state index contributed by atoms with van der Waals surface area (Å²) in [4.78, 5) is 40.1. The van der Waals surface area contributed by atoms with Gasteiger partial charge in [-0.15, -0.1) is 0 Å². The maximum atomic E-state index is 12.7. The molecule has 0 saturated carbocycles. The van der Waals surface area contributed by atoms with Crippen LogP contribution in [0.1, 0.15) is 17.5 Å². The van der Waals surface area contributed by atoms with Gasteiger partial charge in [-0.25, -0.2) is 0 Å². The summed E-state index contributed by atoms with van der Waals surface area (Å²) < 4.78 is 0.984. The topological polar surface area (TPSA) is 69.7 Å². The van der Waals surface area contributed by atoms with Crippen molar-refractivity contribution in [2.75, 3.05) is 30.9 Å². The molecule has 1 saturated heterocycles. The van der Waals surface area contributed by atoms with E-state index in [2.05, 4.69) is 21.2 Å². The third kappa shape index (κ3) is 5.03. The van der Waals surface area contributed by atoms with Crippen molar-refractivity contribution >= 4 is 45.0 Å². The smallest absolute Gasteiger partial charge is 0.229 e. The highest BCUT2D eigenvalue weighted by Gasteiger charge is 2.35. The molecule has 0 spiro atoms. The lowest BCUT2D eigenvalue weighted by molar-refractivity contribution is -0.128. The summed E-state index contributed by atoms with van der Waals surface area (Å²) in [5.41, 5.74) is 3.38. The normalized spacial score (nSPS) is 16.1. The number of carbonyl (C=O) groups excluding carboxylic acids is 3. The van der Waals surface area contributed by atoms with Crippen LogP contribution in [0.3, 0.4) is 0 Å². The average Bonchev–Trinajstić information content (AvgIpc) is 3.07. The minimum atomic E-state index is -0.401. The van der Waals surface area contributed by atoms with Crippen molar-refractivity contribution in [3.63, 3.8) is 0 Å². The van der Waals surface area contributed by atoms with Gasteiger partial charge >= 0.3 is 0 Å². The second-order valence-electron chi connectivity index (χ2n) is 7.49. The molecule has 1 heterocycles. The molecule has 2 aromatic carbocycles. The summed E-state index contributed by atoms with van der Waals surface area (Å²) >= 11 is 3.46. The van der Waals surface area contributed by atoms with Gasteiger partial charge < -0.3 is 15.1 Å². The minimum Gasteiger partial charge on any atom is -0.349 e. The van der Waals surface area contributed by atoms with Crippen LogP contribution in [0, 0.1) is 12.8 Å². The Labute approximate surface area is 179 Å². The molecule has 1 unspecified atom stereocenters. The van der Waals surface area contributed by atoms with Crippen LogP contribution in [0.2, 0.25) is 0 Å². The number of likely N-dealkylation sites (N-methyl/N-ethyl adjacent to an activating group) is 1. The van der Waals surface area contributed by atoms with Crippen LogP contribution >= 0.6 is 15.9 Å². The molecule has 0 radical (unpaired) electrons. The van der Waals surface area contributed by atoms with Crippen LogP contribution in [-0.2, 0) is 20.8 Å². The summed E-state index contributed by atoms with van der Waals surface area (Å²) in [7, 11) is 3.44. The minimum absolute atomic E-state index is 0.0227. The highest BCUT2D eigenvalue weighted by Crippen LogP contribution is 2.29. The van der Waals surface area contributed by atoms with E-state index >= 15 is 0 Å². The summed E-state index contributed by atoms with van der Waals surface area (Å²) in [5, 5.41) is 2.88. The van der Waals surface area contributed by atoms with E-state index in [-0.39, 0.29) is 24.1 Å². The van der Waals surface area contributed by atoms with E-state index in [1.807, 2.05) is 37.3 Å². The number of halogens is 1. The van der Waals surface area contributed by atoms with Crippen molar-refractivity contribution in [2.24, 2.45) is 5.92 Å². The zero-order valence-electron chi connectivity index (χ0n) is 16.7. The number of hydrogen-bond donors (Lipinski definition) is 1. The van der Waals surface area contributed by atoms with Crippen LogP contribution in [0.25, 0.3) is 0 Å². The molecule has 0 aliphatic carbocycles. The molecule has 1 N–H and O–H groups in total. The molecule has 1 fully saturated rings. The lowest BCUT2D eigenvalue weighted by Gasteiger charge is -2.18. The van der Waals surface area contributed by atoms with Crippen LogP contribution in [0.4, 0.5) is 11.4 Å². The molecule has 0 aromatic heterocycles. The van der Waals surface area contributed by atoms with Crippen molar-refractivity contribution < 1.29 is 14.4 Å². The standard InChI is InChI=1S/C22H24BrN3O3/c1-14-10-18(8-9-19(14)23)26-13-16(12-21(26)28)22(29)24-17-6-4-15(5-7-17)11-20(27)25(2)3/h4-10,16H,11-13H2,1-3H3,(H,24,29). The van der Waals surface area contributed by atoms with Gasteiger partial charge in [0, 0.05) is 42.9 Å². The van der Waals surface area contributed by atoms with Crippen molar-refractivity contribution in [2.45, 2.75) is 19.8 Å². The van der Waals surface area contributed by atoms with Gasteiger partial charge in [-0.1, -0.05) is 28.1 Å². The molecule has 29 heavy (non-hydrogen) atoms. The molecular formula is C22H24BrN3O3. The fraction of sp³-hybridized carbons (Fsp3) is 0.318. The zero-order valence-corrected chi connectivity index (χ0v) is 18.3. The molecule has 152 valence electrons. The van der Waals surface area contributed by atoms with Gasteiger partial charge in [0.2, 0.25) is 17.7 Å². The summed E-state index contributed by atoms with van der Waals surface area (Å²) in [6.07, 6.45) is 0.510. The number of nitrogens with one attached hydrogen (secondary N) is 1. The Morgan fingerprint density at radius 1 is 1.17 bits per heavy atom. The monoisotopic (exact) mass is 457 g/mol. The maximum Gasteiger partial charge on any atom is 0.229 e. The van der Waals surface area contributed by atoms with E-state index in [0.717, 1.165) is 21.3 Å². The first-order valence-electron chi connectivity index (χ1n) is 9.41. The summed E-state index contributed by atoms with van der Waals surface area (Å²) in [5.74, 6) is -0.604. The molecule has 3 amide bonds. The Balaban J connectivity index is 1.62. The highest BCUT2D eigenvalue weighted by molar-refractivity contribution is 9.10. The third-order valence-electron chi connectivity index (χ3n) is 5.02. The average molecular weight is 458 g/mol. The number of nitrogens with zero attached hydrogens (tertiary/aromatic N) is 2. The molecule has 2 aromatic rings. The van der Waals surface area contributed by atoms with Crippen molar-refractivity contribution in [3.05, 3.63) is 58.1 Å². The van der Waals surface area contributed by atoms with Gasteiger partial charge in [-0.2, -0.15) is 0 Å². The predicted molar refractivity (Wildman–Crippen MR) is 117 cm³/mol. The maximum absolute atomic E-state index is 12.7. The van der Waals surface area contributed by atoms with Gasteiger partial charge in [0.25, 0.3) is 0 Å². The second kappa shape index (κ2) is 8.78. The first-order chi connectivity index (χ1) is 13.7. The third-order valence-corrected chi connectivity index (χ3v) is 5.91. The van der Waals surface area contributed by atoms with Crippen LogP contribution < -0.4 is 10.2 Å². The second-order valence-corrected chi connectivity index (χ2v) is 8.34. The number of amides is 3. The fourth-order valence-corrected chi connectivity index (χ4v) is 3.46. The summed E-state index contributed by atoms with van der Waals surface area (Å²) in [6, 6.07) is 12.9. The molecule has 1 aliphatic heterocycles. The van der Waals surface area contributed by atoms with E-state index in [1.165, 1.54) is 0 Å². The molecule has 3 rings (SSSR count). The Hall–Kier alpha value is -2.67. The first kappa shape index (κ1) is 21.0. The van der Waals surface area contributed by atoms with Gasteiger partial charge in [0.15, 0.2) is 0 Å². The molecular weight excluding hydrogens is 434 g/mol. The van der Waals surface area contributed by atoms with Gasteiger partial charge in [0.1, 0.15) is 0 Å². The van der Waals surface area contributed by atoms with E-state index < -0.39 is 5.92 Å². The molecule has 1 aliphatic rings. The van der Waals surface area contributed by atoms with E-state index in [4.69, 9.17) is 0 Å². The van der Waals surface area contributed by atoms with E-state index in [1.54, 1.807) is 36.0 Å². The Morgan fingerprint density at radius 2 is 1.86 bits per heavy atom. The quantitative estimate of drug-likeness (QED) is 0.747. The highest BCUT2D eigenvalue weighted by atomic mass is 79.9. The van der Waals surface area contributed by atoms with Crippen LogP contribution in [0.5, 0.6) is 0 Å². The van der Waals surface area contributed by atoms with Crippen molar-refractivity contribution in [1.82, 2.24) is 4.90 Å². The predicted octanol–water partition coefficient (Wildman–Crippen LogP) is 3.38. The number of carbonyl (C=O) groups is 3. The van der Waals surface area contributed by atoms with Crippen molar-refractivity contribution in [1.29, 1.82) is 0 Å². The molecule has 7 heteroatoms. The summed E-state index contributed by atoms with van der Waals surface area (Å²) in [6.45, 7) is 2.33. The number of rotatable bonds is 5. The molecule has 0 bridgehead atoms. The fourth-order valence-electron chi connectivity index (χ4n) is 3.21. The molecule has 6 nitrogen and oxygen atoms in total. The van der Waals surface area contributed by atoms with Gasteiger partial charge in [-0.3, -0.25) is 14.4 Å². The number of hydrogen-bond acceptors (Lipinski definition) is 3. The zero-order chi connectivity index (χ0) is 21.1. The van der Waals surface area contributed by atoms with E-state index in [0.29, 0.717) is 18.7 Å². The number of aryl methyl sites for hydroxylation is 1. The van der Waals surface area contributed by atoms with E-state index in [9.17, 15) is 14.4 Å². The Kier molecular flexibility index (Phi) is 6.37. The van der Waals surface area contributed by atoms with Gasteiger partial charge in [0.05, 0.1) is 12.3 Å². The van der Waals surface area contributed by atoms with Crippen LogP contribution in [0.15, 0.2) is 46.9 Å².